The zero-order chi connectivity index (χ0) is 14.0. The van der Waals surface area contributed by atoms with Crippen molar-refractivity contribution in [3.63, 3.8) is 0 Å². The van der Waals surface area contributed by atoms with Crippen LogP contribution in [0.5, 0.6) is 0 Å². The average Bonchev–Trinajstić information content (AvgIpc) is 2.61. The molecule has 0 saturated heterocycles. The van der Waals surface area contributed by atoms with E-state index in [4.69, 9.17) is 4.84 Å². The molecule has 2 rings (SSSR count). The van der Waals surface area contributed by atoms with Crippen molar-refractivity contribution in [2.45, 2.75) is 34.2 Å². The summed E-state index contributed by atoms with van der Waals surface area (Å²) in [6.07, 6.45) is 0. The van der Waals surface area contributed by atoms with Crippen molar-refractivity contribution >= 4 is 21.6 Å². The van der Waals surface area contributed by atoms with Crippen LogP contribution in [-0.2, 0) is 11.4 Å². The number of aromatic amines is 1. The topological polar surface area (TPSA) is 67.0 Å². The van der Waals surface area contributed by atoms with Crippen LogP contribution in [0.15, 0.2) is 4.79 Å². The molecule has 19 heavy (non-hydrogen) atoms. The molecule has 0 atom stereocenters. The van der Waals surface area contributed by atoms with Gasteiger partial charge in [0, 0.05) is 4.88 Å². The zero-order valence-electron chi connectivity index (χ0n) is 11.7. The van der Waals surface area contributed by atoms with E-state index >= 15 is 0 Å². The number of thiophene rings is 1. The van der Waals surface area contributed by atoms with Gasteiger partial charge in [-0.1, -0.05) is 13.8 Å². The molecule has 2 N–H and O–H groups in total. The highest BCUT2D eigenvalue weighted by Crippen LogP contribution is 2.25. The van der Waals surface area contributed by atoms with Crippen molar-refractivity contribution in [1.29, 1.82) is 0 Å². The Balaban J connectivity index is 2.15. The lowest BCUT2D eigenvalue weighted by atomic mass is 10.2. The quantitative estimate of drug-likeness (QED) is 0.652. The molecule has 5 nitrogen and oxygen atoms in total. The monoisotopic (exact) mass is 281 g/mol. The van der Waals surface area contributed by atoms with Crippen molar-refractivity contribution in [2.75, 3.05) is 6.61 Å². The molecule has 0 aliphatic rings. The lowest BCUT2D eigenvalue weighted by Crippen LogP contribution is -2.21. The van der Waals surface area contributed by atoms with E-state index in [-0.39, 0.29) is 5.56 Å². The van der Waals surface area contributed by atoms with Gasteiger partial charge in [0.1, 0.15) is 10.7 Å². The van der Waals surface area contributed by atoms with Crippen molar-refractivity contribution in [1.82, 2.24) is 15.4 Å². The summed E-state index contributed by atoms with van der Waals surface area (Å²) in [6, 6.07) is 0. The van der Waals surface area contributed by atoms with E-state index in [2.05, 4.69) is 29.3 Å². The van der Waals surface area contributed by atoms with Gasteiger partial charge in [0.15, 0.2) is 0 Å². The van der Waals surface area contributed by atoms with Gasteiger partial charge < -0.3 is 9.82 Å². The highest BCUT2D eigenvalue weighted by Gasteiger charge is 2.11. The van der Waals surface area contributed by atoms with Crippen LogP contribution in [0, 0.1) is 19.8 Å². The van der Waals surface area contributed by atoms with Crippen LogP contribution in [0.25, 0.3) is 10.2 Å². The Morgan fingerprint density at radius 2 is 2.16 bits per heavy atom. The Labute approximate surface area is 116 Å². The molecule has 0 fully saturated rings. The van der Waals surface area contributed by atoms with Gasteiger partial charge in [0.05, 0.1) is 18.5 Å². The fourth-order valence-electron chi connectivity index (χ4n) is 1.73. The zero-order valence-corrected chi connectivity index (χ0v) is 12.5. The van der Waals surface area contributed by atoms with E-state index in [1.807, 2.05) is 13.8 Å². The molecular formula is C13H19N3O2S. The van der Waals surface area contributed by atoms with Crippen LogP contribution in [0.2, 0.25) is 0 Å². The average molecular weight is 281 g/mol. The fourth-order valence-corrected chi connectivity index (χ4v) is 2.78. The van der Waals surface area contributed by atoms with Gasteiger partial charge in [0.25, 0.3) is 5.56 Å². The van der Waals surface area contributed by atoms with Gasteiger partial charge in [0.2, 0.25) is 0 Å². The summed E-state index contributed by atoms with van der Waals surface area (Å²) in [7, 11) is 0. The molecule has 0 aromatic carbocycles. The molecule has 2 aromatic rings. The van der Waals surface area contributed by atoms with E-state index in [1.54, 1.807) is 11.3 Å². The second-order valence-electron chi connectivity index (χ2n) is 5.00. The number of nitrogens with zero attached hydrogens (tertiary/aromatic N) is 1. The van der Waals surface area contributed by atoms with Crippen LogP contribution in [0.1, 0.15) is 30.1 Å². The molecule has 0 unspecified atom stereocenters. The minimum atomic E-state index is -0.0764. The van der Waals surface area contributed by atoms with E-state index in [9.17, 15) is 4.79 Å². The van der Waals surface area contributed by atoms with Gasteiger partial charge in [-0.15, -0.1) is 11.3 Å². The number of aromatic nitrogens is 2. The first-order valence-corrected chi connectivity index (χ1v) is 7.14. The molecule has 6 heteroatoms. The summed E-state index contributed by atoms with van der Waals surface area (Å²) in [4.78, 5) is 26.5. The molecule has 0 aliphatic carbocycles. The third-order valence-corrected chi connectivity index (χ3v) is 3.95. The number of H-pyrrole nitrogens is 1. The van der Waals surface area contributed by atoms with Gasteiger partial charge in [-0.3, -0.25) is 4.79 Å². The highest BCUT2D eigenvalue weighted by atomic mass is 32.1. The number of hydrogen-bond donors (Lipinski definition) is 2. The molecule has 2 heterocycles. The molecule has 104 valence electrons. The van der Waals surface area contributed by atoms with Crippen molar-refractivity contribution < 1.29 is 4.84 Å². The largest absolute Gasteiger partial charge is 0.309 e. The normalized spacial score (nSPS) is 11.6. The Kier molecular flexibility index (Phi) is 4.34. The van der Waals surface area contributed by atoms with E-state index < -0.39 is 0 Å². The number of hydrogen-bond acceptors (Lipinski definition) is 5. The SMILES string of the molecule is Cc1sc2nc(CNOCC(C)C)[nH]c(=O)c2c1C. The Bertz CT molecular complexity index is 631. The fraction of sp³-hybridized carbons (Fsp3) is 0.538. The van der Waals surface area contributed by atoms with E-state index in [0.29, 0.717) is 30.3 Å². The van der Waals surface area contributed by atoms with E-state index in [0.717, 1.165) is 15.3 Å². The van der Waals surface area contributed by atoms with Crippen LogP contribution in [0.3, 0.4) is 0 Å². The number of hydroxylamine groups is 1. The molecule has 0 amide bonds. The number of fused-ring (bicyclic) bond motifs is 1. The van der Waals surface area contributed by atoms with Crippen LogP contribution >= 0.6 is 11.3 Å². The molecule has 0 aliphatic heterocycles. The number of rotatable bonds is 5. The third-order valence-electron chi connectivity index (χ3n) is 2.85. The first-order chi connectivity index (χ1) is 8.99. The van der Waals surface area contributed by atoms with Crippen molar-refractivity contribution in [3.8, 4) is 0 Å². The summed E-state index contributed by atoms with van der Waals surface area (Å²) in [6.45, 7) is 9.13. The van der Waals surface area contributed by atoms with Gasteiger partial charge in [-0.2, -0.15) is 5.48 Å². The molecule has 0 spiro atoms. The first-order valence-electron chi connectivity index (χ1n) is 6.32. The molecular weight excluding hydrogens is 262 g/mol. The minimum Gasteiger partial charge on any atom is -0.309 e. The summed E-state index contributed by atoms with van der Waals surface area (Å²) < 4.78 is 0. The van der Waals surface area contributed by atoms with Gasteiger partial charge in [-0.05, 0) is 25.3 Å². The second-order valence-corrected chi connectivity index (χ2v) is 6.21. The van der Waals surface area contributed by atoms with E-state index in [1.165, 1.54) is 0 Å². The minimum absolute atomic E-state index is 0.0764. The molecule has 0 bridgehead atoms. The second kappa shape index (κ2) is 5.81. The summed E-state index contributed by atoms with van der Waals surface area (Å²) >= 11 is 1.55. The van der Waals surface area contributed by atoms with Crippen LogP contribution in [0.4, 0.5) is 0 Å². The Morgan fingerprint density at radius 3 is 2.84 bits per heavy atom. The predicted octanol–water partition coefficient (Wildman–Crippen LogP) is 2.28. The summed E-state index contributed by atoms with van der Waals surface area (Å²) in [5.74, 6) is 1.06. The Hall–Kier alpha value is -1.24. The van der Waals surface area contributed by atoms with Crippen LogP contribution in [-0.4, -0.2) is 16.6 Å². The smallest absolute Gasteiger partial charge is 0.259 e. The Morgan fingerprint density at radius 1 is 1.42 bits per heavy atom. The predicted molar refractivity (Wildman–Crippen MR) is 77.3 cm³/mol. The molecule has 0 saturated carbocycles. The maximum Gasteiger partial charge on any atom is 0.259 e. The van der Waals surface area contributed by atoms with Crippen LogP contribution < -0.4 is 11.0 Å². The van der Waals surface area contributed by atoms with Crippen molar-refractivity contribution in [3.05, 3.63) is 26.6 Å². The lowest BCUT2D eigenvalue weighted by molar-refractivity contribution is 0.0184. The lowest BCUT2D eigenvalue weighted by Gasteiger charge is -2.07. The standard InChI is InChI=1S/C13H19N3O2S/c1-7(2)6-18-14-5-10-15-12(17)11-8(3)9(4)19-13(11)16-10/h7,14H,5-6H2,1-4H3,(H,15,16,17). The molecule has 0 radical (unpaired) electrons. The first kappa shape index (κ1) is 14.2. The number of nitrogens with one attached hydrogen (secondary N) is 2. The molecule has 2 aromatic heterocycles. The maximum atomic E-state index is 12.0. The van der Waals surface area contributed by atoms with Gasteiger partial charge >= 0.3 is 0 Å². The summed E-state index contributed by atoms with van der Waals surface area (Å²) in [5, 5.41) is 0.703. The van der Waals surface area contributed by atoms with Crippen molar-refractivity contribution in [2.24, 2.45) is 5.92 Å². The van der Waals surface area contributed by atoms with Gasteiger partial charge in [-0.25, -0.2) is 4.98 Å². The highest BCUT2D eigenvalue weighted by molar-refractivity contribution is 7.18. The third kappa shape index (κ3) is 3.20. The summed E-state index contributed by atoms with van der Waals surface area (Å²) in [5.41, 5.74) is 3.76. The number of aryl methyl sites for hydroxylation is 2. The maximum absolute atomic E-state index is 12.0.